The molecule has 3 N–H and O–H groups in total. The predicted molar refractivity (Wildman–Crippen MR) is 52.3 cm³/mol. The number of hydrogen-bond donors (Lipinski definition) is 2. The van der Waals surface area contributed by atoms with Gasteiger partial charge in [0, 0.05) is 11.6 Å². The maximum Gasteiger partial charge on any atom is 0.128 e. The van der Waals surface area contributed by atoms with Crippen LogP contribution in [-0.2, 0) is 0 Å². The average Bonchev–Trinajstić information content (AvgIpc) is 2.93. The van der Waals surface area contributed by atoms with Crippen molar-refractivity contribution in [3.63, 3.8) is 0 Å². The van der Waals surface area contributed by atoms with Crippen LogP contribution in [0.15, 0.2) is 18.2 Å². The lowest BCUT2D eigenvalue weighted by Gasteiger charge is -2.12. The SMILES string of the molecule is N[C@H](CC1CC1)c1cc(O)ccc1F. The Hall–Kier alpha value is -1.09. The van der Waals surface area contributed by atoms with E-state index in [1.54, 1.807) is 0 Å². The van der Waals surface area contributed by atoms with Gasteiger partial charge in [0.15, 0.2) is 0 Å². The molecular weight excluding hydrogens is 181 g/mol. The lowest BCUT2D eigenvalue weighted by molar-refractivity contribution is 0.467. The van der Waals surface area contributed by atoms with Gasteiger partial charge in [-0.25, -0.2) is 4.39 Å². The van der Waals surface area contributed by atoms with Crippen LogP contribution in [0.25, 0.3) is 0 Å². The van der Waals surface area contributed by atoms with Gasteiger partial charge in [-0.1, -0.05) is 12.8 Å². The molecule has 0 bridgehead atoms. The summed E-state index contributed by atoms with van der Waals surface area (Å²) in [6.07, 6.45) is 3.22. The smallest absolute Gasteiger partial charge is 0.128 e. The standard InChI is InChI=1S/C11H14FNO/c12-10-4-3-8(14)6-9(10)11(13)5-7-1-2-7/h3-4,6-7,11,14H,1-2,5,13H2/t11-/m1/s1. The Morgan fingerprint density at radius 3 is 2.86 bits per heavy atom. The topological polar surface area (TPSA) is 46.2 Å². The van der Waals surface area contributed by atoms with E-state index in [2.05, 4.69) is 0 Å². The van der Waals surface area contributed by atoms with Crippen LogP contribution >= 0.6 is 0 Å². The zero-order valence-electron chi connectivity index (χ0n) is 7.91. The Bertz CT molecular complexity index is 336. The molecule has 1 aliphatic rings. The molecule has 1 aromatic rings. The summed E-state index contributed by atoms with van der Waals surface area (Å²) in [6, 6.07) is 3.73. The van der Waals surface area contributed by atoms with Crippen LogP contribution in [0.3, 0.4) is 0 Å². The molecule has 2 rings (SSSR count). The second-order valence-corrected chi connectivity index (χ2v) is 3.99. The van der Waals surface area contributed by atoms with Crippen molar-refractivity contribution >= 4 is 0 Å². The van der Waals surface area contributed by atoms with Gasteiger partial charge < -0.3 is 10.8 Å². The van der Waals surface area contributed by atoms with Crippen molar-refractivity contribution in [2.24, 2.45) is 11.7 Å². The Balaban J connectivity index is 2.15. The summed E-state index contributed by atoms with van der Waals surface area (Å²) in [5.41, 5.74) is 6.28. The third-order valence-corrected chi connectivity index (χ3v) is 2.66. The Labute approximate surface area is 82.5 Å². The third kappa shape index (κ3) is 2.04. The molecule has 0 saturated heterocycles. The second-order valence-electron chi connectivity index (χ2n) is 3.99. The summed E-state index contributed by atoms with van der Waals surface area (Å²) in [7, 11) is 0. The number of halogens is 1. The quantitative estimate of drug-likeness (QED) is 0.777. The molecule has 1 aromatic carbocycles. The van der Waals surface area contributed by atoms with E-state index in [1.807, 2.05) is 0 Å². The normalized spacial score (nSPS) is 18.1. The minimum atomic E-state index is -0.323. The summed E-state index contributed by atoms with van der Waals surface area (Å²) in [5, 5.41) is 9.21. The Kier molecular flexibility index (Phi) is 2.42. The minimum absolute atomic E-state index is 0.0765. The fraction of sp³-hybridized carbons (Fsp3) is 0.455. The molecule has 3 heteroatoms. The first-order valence-corrected chi connectivity index (χ1v) is 4.91. The maximum absolute atomic E-state index is 13.3. The van der Waals surface area contributed by atoms with Crippen LogP contribution < -0.4 is 5.73 Å². The van der Waals surface area contributed by atoms with Crippen molar-refractivity contribution in [1.29, 1.82) is 0 Å². The van der Waals surface area contributed by atoms with Crippen LogP contribution in [0.4, 0.5) is 4.39 Å². The van der Waals surface area contributed by atoms with Gasteiger partial charge in [-0.3, -0.25) is 0 Å². The zero-order valence-corrected chi connectivity index (χ0v) is 7.91. The van der Waals surface area contributed by atoms with Crippen LogP contribution in [-0.4, -0.2) is 5.11 Å². The molecule has 0 unspecified atom stereocenters. The highest BCUT2D eigenvalue weighted by atomic mass is 19.1. The van der Waals surface area contributed by atoms with Crippen molar-refractivity contribution in [1.82, 2.24) is 0 Å². The molecule has 0 aliphatic heterocycles. The number of phenols is 1. The van der Waals surface area contributed by atoms with Crippen molar-refractivity contribution in [3.05, 3.63) is 29.6 Å². The largest absolute Gasteiger partial charge is 0.508 e. The van der Waals surface area contributed by atoms with E-state index in [9.17, 15) is 9.50 Å². The van der Waals surface area contributed by atoms with Crippen LogP contribution in [0.5, 0.6) is 5.75 Å². The first-order chi connectivity index (χ1) is 6.66. The summed E-state index contributed by atoms with van der Waals surface area (Å²) in [5.74, 6) is 0.412. The molecule has 76 valence electrons. The van der Waals surface area contributed by atoms with E-state index < -0.39 is 0 Å². The minimum Gasteiger partial charge on any atom is -0.508 e. The van der Waals surface area contributed by atoms with E-state index >= 15 is 0 Å². The van der Waals surface area contributed by atoms with E-state index in [4.69, 9.17) is 5.73 Å². The summed E-state index contributed by atoms with van der Waals surface area (Å²) in [4.78, 5) is 0. The fourth-order valence-electron chi connectivity index (χ4n) is 1.65. The first-order valence-electron chi connectivity index (χ1n) is 4.91. The molecule has 0 heterocycles. The molecule has 0 aromatic heterocycles. The average molecular weight is 195 g/mol. The number of aromatic hydroxyl groups is 1. The van der Waals surface area contributed by atoms with Crippen LogP contribution in [0.1, 0.15) is 30.9 Å². The van der Waals surface area contributed by atoms with Gasteiger partial charge in [0.2, 0.25) is 0 Å². The maximum atomic E-state index is 13.3. The number of phenolic OH excluding ortho intramolecular Hbond substituents is 1. The van der Waals surface area contributed by atoms with Crippen molar-refractivity contribution < 1.29 is 9.50 Å². The van der Waals surface area contributed by atoms with E-state index in [0.29, 0.717) is 11.5 Å². The van der Waals surface area contributed by atoms with Gasteiger partial charge in [-0.05, 0) is 30.5 Å². The molecule has 1 fully saturated rings. The highest BCUT2D eigenvalue weighted by molar-refractivity contribution is 5.30. The molecule has 14 heavy (non-hydrogen) atoms. The molecule has 1 saturated carbocycles. The monoisotopic (exact) mass is 195 g/mol. The predicted octanol–water partition coefficient (Wildman–Crippen LogP) is 2.33. The molecule has 1 aliphatic carbocycles. The molecule has 0 spiro atoms. The summed E-state index contributed by atoms with van der Waals surface area (Å²) in [6.45, 7) is 0. The van der Waals surface area contributed by atoms with Gasteiger partial charge in [0.05, 0.1) is 0 Å². The molecular formula is C11H14FNO. The Morgan fingerprint density at radius 1 is 1.50 bits per heavy atom. The van der Waals surface area contributed by atoms with E-state index in [-0.39, 0.29) is 17.6 Å². The van der Waals surface area contributed by atoms with Crippen LogP contribution in [0, 0.1) is 11.7 Å². The first kappa shape index (κ1) is 9.46. The lowest BCUT2D eigenvalue weighted by Crippen LogP contribution is -2.12. The van der Waals surface area contributed by atoms with Crippen LogP contribution in [0.2, 0.25) is 0 Å². The van der Waals surface area contributed by atoms with Gasteiger partial charge in [0.1, 0.15) is 11.6 Å². The van der Waals surface area contributed by atoms with Crippen molar-refractivity contribution in [2.75, 3.05) is 0 Å². The molecule has 2 nitrogen and oxygen atoms in total. The van der Waals surface area contributed by atoms with Gasteiger partial charge in [-0.15, -0.1) is 0 Å². The van der Waals surface area contributed by atoms with Crippen molar-refractivity contribution in [3.8, 4) is 5.75 Å². The van der Waals surface area contributed by atoms with Gasteiger partial charge in [0.25, 0.3) is 0 Å². The lowest BCUT2D eigenvalue weighted by atomic mass is 10.0. The number of hydrogen-bond acceptors (Lipinski definition) is 2. The van der Waals surface area contributed by atoms with Gasteiger partial charge >= 0.3 is 0 Å². The number of benzene rings is 1. The molecule has 1 atom stereocenters. The zero-order chi connectivity index (χ0) is 10.1. The van der Waals surface area contributed by atoms with E-state index in [1.165, 1.54) is 31.0 Å². The number of rotatable bonds is 3. The Morgan fingerprint density at radius 2 is 2.21 bits per heavy atom. The third-order valence-electron chi connectivity index (χ3n) is 2.66. The summed E-state index contributed by atoms with van der Waals surface area (Å²) < 4.78 is 13.3. The second kappa shape index (κ2) is 3.58. The van der Waals surface area contributed by atoms with E-state index in [0.717, 1.165) is 6.42 Å². The van der Waals surface area contributed by atoms with Crippen molar-refractivity contribution in [2.45, 2.75) is 25.3 Å². The summed E-state index contributed by atoms with van der Waals surface area (Å²) >= 11 is 0. The van der Waals surface area contributed by atoms with Gasteiger partial charge in [-0.2, -0.15) is 0 Å². The number of nitrogens with two attached hydrogens (primary N) is 1. The molecule has 0 amide bonds. The molecule has 0 radical (unpaired) electrons. The highest BCUT2D eigenvalue weighted by Gasteiger charge is 2.25. The fourth-order valence-corrected chi connectivity index (χ4v) is 1.65. The highest BCUT2D eigenvalue weighted by Crippen LogP contribution is 2.37.